The van der Waals surface area contributed by atoms with Crippen LogP contribution in [0.1, 0.15) is 6.23 Å². The molecule has 1 saturated heterocycles. The van der Waals surface area contributed by atoms with E-state index in [2.05, 4.69) is 25.4 Å². The van der Waals surface area contributed by atoms with Crippen LogP contribution in [-0.2, 0) is 36.3 Å². The van der Waals surface area contributed by atoms with Gasteiger partial charge in [0.05, 0.1) is 0 Å². The fourth-order valence-corrected chi connectivity index (χ4v) is 6.54. The molecule has 0 aliphatic carbocycles. The number of H-pyrrole nitrogens is 1. The highest BCUT2D eigenvalue weighted by Crippen LogP contribution is 2.70. The number of terminal acetylenes is 1. The van der Waals surface area contributed by atoms with Crippen molar-refractivity contribution < 1.29 is 60.5 Å². The molecule has 0 bridgehead atoms. The predicted octanol–water partition coefficient (Wildman–Crippen LogP) is -0.609. The standard InChI is InChI=1S/C12H16FN2O14P3S/c1-2-5-25-12(6-26-32(24,33)29-31(22,23)28-30(19,20)21)9(17)8(13)10(27-12)15-4-3-7(16)14-11(15)18/h1,3-4,8-10,17H,5-6H2,(H,22,23)(H,24,33)(H,14,16,18)(H2,19,20,21)/t8-,9+,10-,12-,32?/m1/s1. The Morgan fingerprint density at radius 1 is 1.30 bits per heavy atom. The maximum absolute atomic E-state index is 14.8. The molecule has 0 saturated carbocycles. The molecule has 0 radical (unpaired) electrons. The van der Waals surface area contributed by atoms with Gasteiger partial charge >= 0.3 is 28.1 Å². The van der Waals surface area contributed by atoms with Gasteiger partial charge in [-0.1, -0.05) is 18.2 Å². The molecular weight excluding hydrogens is 540 g/mol. The zero-order chi connectivity index (χ0) is 25.2. The van der Waals surface area contributed by atoms with Gasteiger partial charge in [0.1, 0.15) is 19.3 Å². The highest BCUT2D eigenvalue weighted by Gasteiger charge is 2.58. The molecule has 0 amide bonds. The second kappa shape index (κ2) is 10.2. The van der Waals surface area contributed by atoms with E-state index < -0.39 is 71.2 Å². The van der Waals surface area contributed by atoms with E-state index in [1.807, 2.05) is 10.9 Å². The van der Waals surface area contributed by atoms with E-state index in [0.29, 0.717) is 4.57 Å². The number of hydrogen-bond donors (Lipinski definition) is 6. The van der Waals surface area contributed by atoms with Gasteiger partial charge < -0.3 is 29.3 Å². The van der Waals surface area contributed by atoms with Gasteiger partial charge in [0.25, 0.3) is 5.56 Å². The number of alkyl halides is 1. The summed E-state index contributed by atoms with van der Waals surface area (Å²) in [5.74, 6) is -0.628. The Kier molecular flexibility index (Phi) is 8.70. The van der Waals surface area contributed by atoms with Crippen LogP contribution in [0.25, 0.3) is 0 Å². The van der Waals surface area contributed by atoms with E-state index >= 15 is 0 Å². The first-order valence-corrected chi connectivity index (χ1v) is 13.9. The lowest BCUT2D eigenvalue weighted by molar-refractivity contribution is -0.273. The lowest BCUT2D eigenvalue weighted by Crippen LogP contribution is -2.48. The first-order chi connectivity index (χ1) is 15.0. The quantitative estimate of drug-likeness (QED) is 0.120. The van der Waals surface area contributed by atoms with Crippen molar-refractivity contribution in [1.82, 2.24) is 9.55 Å². The third-order valence-electron chi connectivity index (χ3n) is 3.71. The third kappa shape index (κ3) is 7.41. The van der Waals surface area contributed by atoms with E-state index in [-0.39, 0.29) is 0 Å². The molecule has 16 nitrogen and oxygen atoms in total. The molecule has 5 N–H and O–H groups in total. The molecule has 6 atom stereocenters. The number of nitrogens with zero attached hydrogens (tertiary/aromatic N) is 1. The molecule has 186 valence electrons. The molecule has 1 aromatic rings. The Hall–Kier alpha value is -1.15. The van der Waals surface area contributed by atoms with Gasteiger partial charge in [-0.15, -0.1) is 6.42 Å². The van der Waals surface area contributed by atoms with Crippen molar-refractivity contribution in [1.29, 1.82) is 0 Å². The minimum Gasteiger partial charge on any atom is -0.384 e. The summed E-state index contributed by atoms with van der Waals surface area (Å²) < 4.78 is 72.3. The first-order valence-electron chi connectivity index (χ1n) is 8.18. The molecule has 0 spiro atoms. The molecular formula is C12H16FN2O14P3S. The number of aliphatic hydroxyl groups excluding tert-OH is 1. The average Bonchev–Trinajstić information content (AvgIpc) is 2.88. The average molecular weight is 556 g/mol. The topological polar surface area (TPSA) is 233 Å². The summed E-state index contributed by atoms with van der Waals surface area (Å²) in [5.41, 5.74) is -1.95. The Morgan fingerprint density at radius 2 is 1.94 bits per heavy atom. The van der Waals surface area contributed by atoms with Crippen LogP contribution in [0.3, 0.4) is 0 Å². The molecule has 0 aromatic carbocycles. The lowest BCUT2D eigenvalue weighted by Gasteiger charge is -2.31. The number of ether oxygens (including phenoxy) is 2. The maximum atomic E-state index is 14.8. The fourth-order valence-electron chi connectivity index (χ4n) is 2.49. The van der Waals surface area contributed by atoms with Crippen molar-refractivity contribution in [3.63, 3.8) is 0 Å². The van der Waals surface area contributed by atoms with Gasteiger partial charge in [0.2, 0.25) is 5.79 Å². The van der Waals surface area contributed by atoms with E-state index in [9.17, 15) is 37.7 Å². The van der Waals surface area contributed by atoms with Crippen molar-refractivity contribution >= 4 is 34.7 Å². The molecule has 1 aliphatic rings. The molecule has 1 aromatic heterocycles. The molecule has 2 heterocycles. The van der Waals surface area contributed by atoms with E-state index in [0.717, 1.165) is 12.3 Å². The largest absolute Gasteiger partial charge is 0.488 e. The number of aromatic nitrogens is 2. The van der Waals surface area contributed by atoms with E-state index in [4.69, 9.17) is 25.7 Å². The maximum Gasteiger partial charge on any atom is 0.488 e. The van der Waals surface area contributed by atoms with Gasteiger partial charge in [0, 0.05) is 12.3 Å². The Bertz CT molecular complexity index is 1180. The number of halogens is 1. The molecule has 1 aliphatic heterocycles. The summed E-state index contributed by atoms with van der Waals surface area (Å²) in [5, 5.41) is 10.3. The zero-order valence-corrected chi connectivity index (χ0v) is 19.4. The molecule has 1 fully saturated rings. The Labute approximate surface area is 188 Å². The molecule has 33 heavy (non-hydrogen) atoms. The highest BCUT2D eigenvalue weighted by atomic mass is 32.7. The van der Waals surface area contributed by atoms with Crippen LogP contribution in [0, 0.1) is 12.3 Å². The Morgan fingerprint density at radius 3 is 2.48 bits per heavy atom. The predicted molar refractivity (Wildman–Crippen MR) is 106 cm³/mol. The lowest BCUT2D eigenvalue weighted by atomic mass is 10.1. The second-order valence-corrected chi connectivity index (χ2v) is 12.0. The minimum absolute atomic E-state index is 0.544. The molecule has 2 rings (SSSR count). The van der Waals surface area contributed by atoms with Crippen molar-refractivity contribution in [3.8, 4) is 12.3 Å². The first kappa shape index (κ1) is 28.1. The van der Waals surface area contributed by atoms with E-state index in [1.54, 1.807) is 0 Å². The normalized spacial score (nSPS) is 29.2. The number of aromatic amines is 1. The summed E-state index contributed by atoms with van der Waals surface area (Å²) in [6, 6.07) is 0.845. The van der Waals surface area contributed by atoms with Crippen molar-refractivity contribution in [2.45, 2.75) is 24.3 Å². The minimum atomic E-state index is -5.70. The fraction of sp³-hybridized carbons (Fsp3) is 0.500. The third-order valence-corrected chi connectivity index (χ3v) is 8.50. The SMILES string of the molecule is C#CCO[C@]1(COP(=O)(S)OP(=O)(O)OP(=O)(O)O)O[C@@H](n2ccc(=O)[nH]c2=O)[C@H](F)[C@@H]1O. The molecule has 2 unspecified atom stereocenters. The summed E-state index contributed by atoms with van der Waals surface area (Å²) >= 11 is 3.33. The summed E-state index contributed by atoms with van der Waals surface area (Å²) in [4.78, 5) is 51.4. The van der Waals surface area contributed by atoms with Gasteiger partial charge in [-0.25, -0.2) is 22.9 Å². The van der Waals surface area contributed by atoms with Crippen LogP contribution in [0.15, 0.2) is 21.9 Å². The molecule has 21 heteroatoms. The van der Waals surface area contributed by atoms with Crippen LogP contribution in [0.2, 0.25) is 0 Å². The van der Waals surface area contributed by atoms with Gasteiger partial charge in [-0.3, -0.25) is 18.9 Å². The number of hydrogen-bond acceptors (Lipinski definition) is 11. The van der Waals surface area contributed by atoms with Crippen LogP contribution in [0.4, 0.5) is 4.39 Å². The summed E-state index contributed by atoms with van der Waals surface area (Å²) in [6.07, 6.45) is -0.721. The summed E-state index contributed by atoms with van der Waals surface area (Å²) in [7, 11) is -11.3. The van der Waals surface area contributed by atoms with Crippen molar-refractivity contribution in [2.24, 2.45) is 0 Å². The zero-order valence-electron chi connectivity index (χ0n) is 15.9. The van der Waals surface area contributed by atoms with E-state index in [1.165, 1.54) is 0 Å². The van der Waals surface area contributed by atoms with Crippen LogP contribution >= 0.6 is 34.7 Å². The number of phosphoric acid groups is 2. The van der Waals surface area contributed by atoms with Gasteiger partial charge in [-0.05, 0) is 0 Å². The number of aliphatic hydroxyl groups is 1. The number of nitrogens with one attached hydrogen (secondary N) is 1. The second-order valence-electron chi connectivity index (χ2n) is 6.08. The highest BCUT2D eigenvalue weighted by molar-refractivity contribution is 8.45. The number of rotatable bonds is 10. The van der Waals surface area contributed by atoms with Gasteiger partial charge in [0.15, 0.2) is 12.4 Å². The van der Waals surface area contributed by atoms with Gasteiger partial charge in [-0.2, -0.15) is 8.62 Å². The smallest absolute Gasteiger partial charge is 0.384 e. The summed E-state index contributed by atoms with van der Waals surface area (Å²) in [6.45, 7) is -6.95. The number of thiol groups is 1. The Balaban J connectivity index is 2.29. The van der Waals surface area contributed by atoms with Crippen LogP contribution < -0.4 is 11.2 Å². The van der Waals surface area contributed by atoms with Crippen molar-refractivity contribution in [3.05, 3.63) is 33.1 Å². The monoisotopic (exact) mass is 556 g/mol. The van der Waals surface area contributed by atoms with Crippen LogP contribution in [-0.4, -0.2) is 60.6 Å². The van der Waals surface area contributed by atoms with Crippen molar-refractivity contribution in [2.75, 3.05) is 13.2 Å². The van der Waals surface area contributed by atoms with Crippen LogP contribution in [0.5, 0.6) is 0 Å².